The molecule has 7 heteroatoms. The molecule has 0 bridgehead atoms. The van der Waals surface area contributed by atoms with Crippen molar-refractivity contribution >= 4 is 29.9 Å². The molecule has 0 atom stereocenters. The first kappa shape index (κ1) is 20.9. The summed E-state index contributed by atoms with van der Waals surface area (Å²) in [7, 11) is 1.79. The summed E-state index contributed by atoms with van der Waals surface area (Å²) in [6, 6.07) is 14.4. The number of rotatable bonds is 7. The number of aromatic nitrogens is 3. The Bertz CT molecular complexity index is 818. The largest absolute Gasteiger partial charge is 0.356 e. The minimum absolute atomic E-state index is 0. The van der Waals surface area contributed by atoms with E-state index in [0.717, 1.165) is 25.5 Å². The Labute approximate surface area is 177 Å². The van der Waals surface area contributed by atoms with Gasteiger partial charge in [-0.25, -0.2) is 0 Å². The molecule has 0 radical (unpaired) electrons. The smallest absolute Gasteiger partial charge is 0.191 e. The van der Waals surface area contributed by atoms with Crippen molar-refractivity contribution in [1.29, 1.82) is 0 Å². The lowest BCUT2D eigenvalue weighted by atomic mass is 10.1. The van der Waals surface area contributed by atoms with E-state index < -0.39 is 0 Å². The zero-order valence-electron chi connectivity index (χ0n) is 15.4. The Kier molecular flexibility index (Phi) is 8.76. The average Bonchev–Trinajstić information content (AvgIpc) is 3.19. The summed E-state index contributed by atoms with van der Waals surface area (Å²) in [6.07, 6.45) is 8.37. The Morgan fingerprint density at radius 3 is 2.59 bits per heavy atom. The monoisotopic (exact) mass is 476 g/mol. The summed E-state index contributed by atoms with van der Waals surface area (Å²) < 4.78 is 1.93. The highest BCUT2D eigenvalue weighted by Gasteiger charge is 2.04. The van der Waals surface area contributed by atoms with Crippen LogP contribution in [0.15, 0.2) is 72.2 Å². The van der Waals surface area contributed by atoms with Crippen molar-refractivity contribution in [1.82, 2.24) is 25.4 Å². The number of hydrogen-bond donors (Lipinski definition) is 2. The van der Waals surface area contributed by atoms with Gasteiger partial charge in [-0.3, -0.25) is 14.7 Å². The van der Waals surface area contributed by atoms with Crippen LogP contribution in [0.5, 0.6) is 0 Å². The number of aliphatic imine (C=N–C) groups is 1. The van der Waals surface area contributed by atoms with Crippen molar-refractivity contribution in [2.75, 3.05) is 13.6 Å². The van der Waals surface area contributed by atoms with Crippen LogP contribution in [0.1, 0.15) is 16.7 Å². The van der Waals surface area contributed by atoms with Gasteiger partial charge in [0.05, 0.1) is 6.54 Å². The van der Waals surface area contributed by atoms with Crippen LogP contribution in [0, 0.1) is 0 Å². The third-order valence-electron chi connectivity index (χ3n) is 4.11. The highest BCUT2D eigenvalue weighted by Crippen LogP contribution is 2.10. The molecule has 0 aliphatic carbocycles. The van der Waals surface area contributed by atoms with Crippen molar-refractivity contribution in [2.45, 2.75) is 19.5 Å². The van der Waals surface area contributed by atoms with E-state index in [4.69, 9.17) is 0 Å². The molecule has 3 rings (SSSR count). The van der Waals surface area contributed by atoms with E-state index in [1.165, 1.54) is 16.7 Å². The topological polar surface area (TPSA) is 67.1 Å². The highest BCUT2D eigenvalue weighted by molar-refractivity contribution is 14.0. The second kappa shape index (κ2) is 11.3. The van der Waals surface area contributed by atoms with Crippen molar-refractivity contribution < 1.29 is 0 Å². The summed E-state index contributed by atoms with van der Waals surface area (Å²) >= 11 is 0. The summed E-state index contributed by atoms with van der Waals surface area (Å²) in [5.74, 6) is 0.794. The summed E-state index contributed by atoms with van der Waals surface area (Å²) in [5.41, 5.74) is 3.69. The van der Waals surface area contributed by atoms with E-state index in [2.05, 4.69) is 56.0 Å². The minimum atomic E-state index is 0. The number of guanidine groups is 1. The van der Waals surface area contributed by atoms with Crippen molar-refractivity contribution in [3.8, 4) is 0 Å². The molecule has 0 unspecified atom stereocenters. The summed E-state index contributed by atoms with van der Waals surface area (Å²) in [6.45, 7) is 2.28. The molecule has 2 aromatic heterocycles. The fourth-order valence-corrected chi connectivity index (χ4v) is 2.72. The van der Waals surface area contributed by atoms with Gasteiger partial charge in [0.2, 0.25) is 0 Å². The Balaban J connectivity index is 0.00000261. The van der Waals surface area contributed by atoms with Crippen LogP contribution >= 0.6 is 24.0 Å². The van der Waals surface area contributed by atoms with Gasteiger partial charge in [-0.05, 0) is 35.2 Å². The van der Waals surface area contributed by atoms with Crippen LogP contribution in [-0.4, -0.2) is 34.3 Å². The standard InChI is InChI=1S/C20H24N6.HI/c1-21-20(23-12-9-17-6-4-10-22-14-17)24-15-18-7-2-3-8-19(18)16-26-13-5-11-25-26;/h2-8,10-11,13-14H,9,12,15-16H2,1H3,(H2,21,23,24);1H. The van der Waals surface area contributed by atoms with Gasteiger partial charge >= 0.3 is 0 Å². The molecule has 142 valence electrons. The maximum atomic E-state index is 4.30. The molecule has 0 fully saturated rings. The van der Waals surface area contributed by atoms with Crippen molar-refractivity contribution in [2.24, 2.45) is 4.99 Å². The SMILES string of the molecule is CN=C(NCCc1cccnc1)NCc1ccccc1Cn1cccn1.I. The molecule has 0 aliphatic heterocycles. The molecular weight excluding hydrogens is 451 g/mol. The second-order valence-corrected chi connectivity index (χ2v) is 5.94. The van der Waals surface area contributed by atoms with Gasteiger partial charge in [0.1, 0.15) is 0 Å². The number of hydrogen-bond acceptors (Lipinski definition) is 3. The number of benzene rings is 1. The maximum absolute atomic E-state index is 4.30. The summed E-state index contributed by atoms with van der Waals surface area (Å²) in [5, 5.41) is 11.0. The average molecular weight is 476 g/mol. The van der Waals surface area contributed by atoms with Gasteiger partial charge < -0.3 is 10.6 Å². The lowest BCUT2D eigenvalue weighted by molar-refractivity contribution is 0.677. The van der Waals surface area contributed by atoms with Crippen molar-refractivity contribution in [3.63, 3.8) is 0 Å². The first-order valence-electron chi connectivity index (χ1n) is 8.73. The zero-order valence-corrected chi connectivity index (χ0v) is 17.7. The van der Waals surface area contributed by atoms with Crippen LogP contribution in [0.2, 0.25) is 0 Å². The van der Waals surface area contributed by atoms with E-state index in [1.54, 1.807) is 19.4 Å². The molecule has 2 N–H and O–H groups in total. The van der Waals surface area contributed by atoms with E-state index in [-0.39, 0.29) is 24.0 Å². The Hall–Kier alpha value is -2.42. The van der Waals surface area contributed by atoms with Gasteiger partial charge in [0.25, 0.3) is 0 Å². The molecule has 1 aromatic carbocycles. The molecule has 0 spiro atoms. The molecule has 2 heterocycles. The van der Waals surface area contributed by atoms with Gasteiger partial charge in [0.15, 0.2) is 5.96 Å². The molecule has 0 saturated carbocycles. The van der Waals surface area contributed by atoms with E-state index >= 15 is 0 Å². The molecule has 0 aliphatic rings. The third-order valence-corrected chi connectivity index (χ3v) is 4.11. The maximum Gasteiger partial charge on any atom is 0.191 e. The quantitative estimate of drug-likeness (QED) is 0.313. The predicted molar refractivity (Wildman–Crippen MR) is 119 cm³/mol. The number of halogens is 1. The first-order chi connectivity index (χ1) is 12.8. The van der Waals surface area contributed by atoms with E-state index in [0.29, 0.717) is 6.54 Å². The van der Waals surface area contributed by atoms with Crippen LogP contribution in [0.3, 0.4) is 0 Å². The molecule has 6 nitrogen and oxygen atoms in total. The fraction of sp³-hybridized carbons (Fsp3) is 0.250. The van der Waals surface area contributed by atoms with Crippen LogP contribution in [-0.2, 0) is 19.5 Å². The van der Waals surface area contributed by atoms with Gasteiger partial charge in [0, 0.05) is 44.9 Å². The molecular formula is C20H25IN6. The number of pyridine rings is 1. The fourth-order valence-electron chi connectivity index (χ4n) is 2.72. The summed E-state index contributed by atoms with van der Waals surface area (Å²) in [4.78, 5) is 8.44. The van der Waals surface area contributed by atoms with Gasteiger partial charge in [-0.15, -0.1) is 24.0 Å². The molecule has 27 heavy (non-hydrogen) atoms. The normalized spacial score (nSPS) is 10.9. The van der Waals surface area contributed by atoms with Gasteiger partial charge in [-0.2, -0.15) is 5.10 Å². The molecule has 3 aromatic rings. The first-order valence-corrected chi connectivity index (χ1v) is 8.73. The predicted octanol–water partition coefficient (Wildman–Crippen LogP) is 2.85. The van der Waals surface area contributed by atoms with Crippen LogP contribution in [0.25, 0.3) is 0 Å². The third kappa shape index (κ3) is 6.67. The lowest BCUT2D eigenvalue weighted by Crippen LogP contribution is -2.38. The number of nitrogens with zero attached hydrogens (tertiary/aromatic N) is 4. The molecule has 0 amide bonds. The van der Waals surface area contributed by atoms with Crippen molar-refractivity contribution in [3.05, 3.63) is 83.9 Å². The van der Waals surface area contributed by atoms with Crippen LogP contribution < -0.4 is 10.6 Å². The number of nitrogens with one attached hydrogen (secondary N) is 2. The minimum Gasteiger partial charge on any atom is -0.356 e. The zero-order chi connectivity index (χ0) is 18.0. The van der Waals surface area contributed by atoms with Gasteiger partial charge in [-0.1, -0.05) is 30.3 Å². The lowest BCUT2D eigenvalue weighted by Gasteiger charge is -2.14. The van der Waals surface area contributed by atoms with E-state index in [9.17, 15) is 0 Å². The Morgan fingerprint density at radius 1 is 1.04 bits per heavy atom. The van der Waals surface area contributed by atoms with E-state index in [1.807, 2.05) is 29.2 Å². The highest BCUT2D eigenvalue weighted by atomic mass is 127. The Morgan fingerprint density at radius 2 is 1.89 bits per heavy atom. The van der Waals surface area contributed by atoms with Crippen LogP contribution in [0.4, 0.5) is 0 Å². The molecule has 0 saturated heterocycles. The second-order valence-electron chi connectivity index (χ2n) is 5.94.